The van der Waals surface area contributed by atoms with Crippen LogP contribution in [0.4, 0.5) is 5.69 Å². The highest BCUT2D eigenvalue weighted by molar-refractivity contribution is 7.92. The van der Waals surface area contributed by atoms with Crippen molar-refractivity contribution in [2.45, 2.75) is 72.0 Å². The number of benzene rings is 2. The molecule has 8 nitrogen and oxygen atoms in total. The highest BCUT2D eigenvalue weighted by atomic mass is 32.2. The molecule has 2 rings (SSSR count). The first kappa shape index (κ1) is 30.2. The number of amides is 2. The van der Waals surface area contributed by atoms with Crippen LogP contribution >= 0.6 is 0 Å². The van der Waals surface area contributed by atoms with E-state index >= 15 is 0 Å². The zero-order chi connectivity index (χ0) is 27.8. The van der Waals surface area contributed by atoms with Crippen LogP contribution in [-0.4, -0.2) is 56.6 Å². The summed E-state index contributed by atoms with van der Waals surface area (Å²) in [7, 11) is -2.06. The van der Waals surface area contributed by atoms with Gasteiger partial charge in [0.05, 0.1) is 19.1 Å². The third kappa shape index (κ3) is 9.39. The van der Waals surface area contributed by atoms with E-state index in [9.17, 15) is 18.0 Å². The molecule has 0 saturated heterocycles. The van der Waals surface area contributed by atoms with Crippen molar-refractivity contribution < 1.29 is 22.7 Å². The maximum Gasteiger partial charge on any atom is 0.243 e. The molecule has 2 aromatic carbocycles. The zero-order valence-electron chi connectivity index (χ0n) is 23.1. The van der Waals surface area contributed by atoms with Gasteiger partial charge in [-0.15, -0.1) is 0 Å². The number of anilines is 1. The van der Waals surface area contributed by atoms with E-state index < -0.39 is 21.6 Å². The molecule has 2 aromatic rings. The first-order chi connectivity index (χ1) is 17.2. The Hall–Kier alpha value is -3.07. The molecular weight excluding hydrogens is 490 g/mol. The number of ether oxygens (including phenoxy) is 1. The minimum absolute atomic E-state index is 0.0983. The lowest BCUT2D eigenvalue weighted by atomic mass is 10.0. The van der Waals surface area contributed by atoms with Crippen molar-refractivity contribution in [3.63, 3.8) is 0 Å². The Bertz CT molecular complexity index is 1170. The number of aryl methyl sites for hydroxylation is 1. The van der Waals surface area contributed by atoms with Crippen LogP contribution in [0.25, 0.3) is 0 Å². The van der Waals surface area contributed by atoms with Crippen LogP contribution in [0.5, 0.6) is 5.75 Å². The largest absolute Gasteiger partial charge is 0.497 e. The fourth-order valence-corrected chi connectivity index (χ4v) is 5.11. The number of hydrogen-bond donors (Lipinski definition) is 1. The fourth-order valence-electron chi connectivity index (χ4n) is 4.15. The number of nitrogens with one attached hydrogen (secondary N) is 1. The first-order valence-corrected chi connectivity index (χ1v) is 14.4. The van der Waals surface area contributed by atoms with E-state index in [4.69, 9.17) is 4.74 Å². The standard InChI is InChI=1S/C28H41N3O5S/c1-8-25(27(33)29-28(3,4)5)30(20-22-13-9-12-21(2)18-22)26(32)16-11-17-31(37(7,34)35)23-14-10-15-24(19-23)36-6/h9-10,12-15,18-19,25H,8,11,16-17,20H2,1-7H3,(H,29,33)/t25-/m0/s1. The van der Waals surface area contributed by atoms with Gasteiger partial charge in [-0.3, -0.25) is 13.9 Å². The minimum Gasteiger partial charge on any atom is -0.497 e. The fraction of sp³-hybridized carbons (Fsp3) is 0.500. The van der Waals surface area contributed by atoms with Crippen LogP contribution in [0, 0.1) is 6.92 Å². The SMILES string of the molecule is CC[C@@H](C(=O)NC(C)(C)C)N(Cc1cccc(C)c1)C(=O)CCCN(c1cccc(OC)c1)S(C)(=O)=O. The summed E-state index contributed by atoms with van der Waals surface area (Å²) in [5, 5.41) is 3.00. The number of nitrogens with zero attached hydrogens (tertiary/aromatic N) is 2. The van der Waals surface area contributed by atoms with Gasteiger partial charge in [0.2, 0.25) is 21.8 Å². The van der Waals surface area contributed by atoms with E-state index in [1.165, 1.54) is 11.4 Å². The molecule has 204 valence electrons. The first-order valence-electron chi connectivity index (χ1n) is 12.5. The van der Waals surface area contributed by atoms with Crippen molar-refractivity contribution in [3.8, 4) is 5.75 Å². The average Bonchev–Trinajstić information content (AvgIpc) is 2.79. The molecule has 0 fully saturated rings. The van der Waals surface area contributed by atoms with Gasteiger partial charge in [-0.05, 0) is 58.2 Å². The van der Waals surface area contributed by atoms with E-state index in [1.807, 2.05) is 58.9 Å². The van der Waals surface area contributed by atoms with Gasteiger partial charge in [-0.25, -0.2) is 8.42 Å². The van der Waals surface area contributed by atoms with Gasteiger partial charge in [0, 0.05) is 31.1 Å². The summed E-state index contributed by atoms with van der Waals surface area (Å²) in [6.07, 6.45) is 1.99. The molecule has 2 amide bonds. The Morgan fingerprint density at radius 2 is 1.76 bits per heavy atom. The average molecular weight is 532 g/mol. The second kappa shape index (κ2) is 12.9. The minimum atomic E-state index is -3.58. The Morgan fingerprint density at radius 1 is 1.08 bits per heavy atom. The number of carbonyl (C=O) groups excluding carboxylic acids is 2. The summed E-state index contributed by atoms with van der Waals surface area (Å²) in [5.41, 5.74) is 2.04. The molecule has 0 heterocycles. The molecule has 1 atom stereocenters. The van der Waals surface area contributed by atoms with Crippen LogP contribution < -0.4 is 14.4 Å². The molecule has 37 heavy (non-hydrogen) atoms. The monoisotopic (exact) mass is 531 g/mol. The summed E-state index contributed by atoms with van der Waals surface area (Å²) in [6, 6.07) is 14.0. The molecule has 0 unspecified atom stereocenters. The number of methoxy groups -OCH3 is 1. The number of carbonyl (C=O) groups is 2. The predicted molar refractivity (Wildman–Crippen MR) is 148 cm³/mol. The molecular formula is C28H41N3O5S. The van der Waals surface area contributed by atoms with Crippen LogP contribution in [0.2, 0.25) is 0 Å². The molecule has 9 heteroatoms. The molecule has 0 bridgehead atoms. The summed E-state index contributed by atoms with van der Waals surface area (Å²) < 4.78 is 31.6. The molecule has 1 N–H and O–H groups in total. The van der Waals surface area contributed by atoms with Gasteiger partial charge in [0.25, 0.3) is 0 Å². The lowest BCUT2D eigenvalue weighted by Crippen LogP contribution is -2.53. The molecule has 0 saturated carbocycles. The Labute approximate surface area is 222 Å². The second-order valence-corrected chi connectivity index (χ2v) is 12.2. The van der Waals surface area contributed by atoms with Crippen molar-refractivity contribution in [2.75, 3.05) is 24.2 Å². The molecule has 0 spiro atoms. The second-order valence-electron chi connectivity index (χ2n) is 10.3. The molecule has 0 radical (unpaired) electrons. The van der Waals surface area contributed by atoms with Crippen molar-refractivity contribution >= 4 is 27.5 Å². The molecule has 0 aliphatic rings. The Kier molecular flexibility index (Phi) is 10.5. The highest BCUT2D eigenvalue weighted by Crippen LogP contribution is 2.24. The summed E-state index contributed by atoms with van der Waals surface area (Å²) in [4.78, 5) is 28.3. The molecule has 0 aliphatic heterocycles. The maximum absolute atomic E-state index is 13.5. The van der Waals surface area contributed by atoms with Gasteiger partial charge in [-0.2, -0.15) is 0 Å². The van der Waals surface area contributed by atoms with Crippen molar-refractivity contribution in [1.29, 1.82) is 0 Å². The number of sulfonamides is 1. The lowest BCUT2D eigenvalue weighted by molar-refractivity contribution is -0.142. The maximum atomic E-state index is 13.5. The Morgan fingerprint density at radius 3 is 2.32 bits per heavy atom. The molecule has 0 aliphatic carbocycles. The van der Waals surface area contributed by atoms with E-state index in [0.29, 0.717) is 30.8 Å². The Balaban J connectivity index is 2.25. The summed E-state index contributed by atoms with van der Waals surface area (Å²) >= 11 is 0. The van der Waals surface area contributed by atoms with Gasteiger partial charge >= 0.3 is 0 Å². The predicted octanol–water partition coefficient (Wildman–Crippen LogP) is 4.27. The highest BCUT2D eigenvalue weighted by Gasteiger charge is 2.30. The normalized spacial score (nSPS) is 12.5. The van der Waals surface area contributed by atoms with Crippen LogP contribution in [0.3, 0.4) is 0 Å². The van der Waals surface area contributed by atoms with E-state index in [0.717, 1.165) is 17.4 Å². The topological polar surface area (TPSA) is 96.0 Å². The van der Waals surface area contributed by atoms with Crippen molar-refractivity contribution in [1.82, 2.24) is 10.2 Å². The zero-order valence-corrected chi connectivity index (χ0v) is 23.9. The molecule has 0 aromatic heterocycles. The quantitative estimate of drug-likeness (QED) is 0.441. The number of hydrogen-bond acceptors (Lipinski definition) is 5. The summed E-state index contributed by atoms with van der Waals surface area (Å²) in [5.74, 6) is 0.142. The lowest BCUT2D eigenvalue weighted by Gasteiger charge is -2.33. The van der Waals surface area contributed by atoms with Crippen LogP contribution in [0.15, 0.2) is 48.5 Å². The van der Waals surface area contributed by atoms with Crippen molar-refractivity contribution in [3.05, 3.63) is 59.7 Å². The van der Waals surface area contributed by atoms with Gasteiger partial charge in [-0.1, -0.05) is 42.8 Å². The van der Waals surface area contributed by atoms with Gasteiger partial charge in [0.1, 0.15) is 11.8 Å². The van der Waals surface area contributed by atoms with Gasteiger partial charge < -0.3 is 15.0 Å². The van der Waals surface area contributed by atoms with Crippen LogP contribution in [-0.2, 0) is 26.2 Å². The van der Waals surface area contributed by atoms with E-state index in [1.54, 1.807) is 29.2 Å². The summed E-state index contributed by atoms with van der Waals surface area (Å²) in [6.45, 7) is 10.0. The van der Waals surface area contributed by atoms with Crippen molar-refractivity contribution in [2.24, 2.45) is 0 Å². The van der Waals surface area contributed by atoms with Crippen LogP contribution in [0.1, 0.15) is 58.1 Å². The smallest absolute Gasteiger partial charge is 0.243 e. The third-order valence-corrected chi connectivity index (χ3v) is 7.01. The van der Waals surface area contributed by atoms with E-state index in [2.05, 4.69) is 5.32 Å². The van der Waals surface area contributed by atoms with E-state index in [-0.39, 0.29) is 24.8 Å². The number of rotatable bonds is 12. The van der Waals surface area contributed by atoms with Gasteiger partial charge in [0.15, 0.2) is 0 Å². The third-order valence-electron chi connectivity index (χ3n) is 5.81.